The van der Waals surface area contributed by atoms with Gasteiger partial charge in [-0.1, -0.05) is 30.3 Å². The summed E-state index contributed by atoms with van der Waals surface area (Å²) in [6.07, 6.45) is 1.70. The Hall–Kier alpha value is -3.38. The summed E-state index contributed by atoms with van der Waals surface area (Å²) in [7, 11) is 0. The van der Waals surface area contributed by atoms with Crippen molar-refractivity contribution in [1.29, 1.82) is 0 Å². The molecule has 1 atom stereocenters. The van der Waals surface area contributed by atoms with Crippen molar-refractivity contribution in [2.75, 3.05) is 36.5 Å². The number of benzene rings is 2. The van der Waals surface area contributed by atoms with Crippen molar-refractivity contribution in [3.63, 3.8) is 0 Å². The van der Waals surface area contributed by atoms with E-state index in [0.29, 0.717) is 12.2 Å². The first kappa shape index (κ1) is 19.9. The molecule has 6 heteroatoms. The highest BCUT2D eigenvalue weighted by atomic mass is 16.5. The average Bonchev–Trinajstić information content (AvgIpc) is 2.81. The van der Waals surface area contributed by atoms with Gasteiger partial charge in [0.25, 0.3) is 5.91 Å². The molecule has 2 aromatic carbocycles. The number of nitrogens with one attached hydrogen (secondary N) is 2. The molecule has 0 unspecified atom stereocenters. The minimum absolute atomic E-state index is 0.155. The minimum Gasteiger partial charge on any atom is -0.494 e. The number of rotatable bonds is 6. The SMILES string of the molecule is CCOc1ccc(NC(=O)c2ccnc(N3CCN[C@@H](c4ccccc4)C3)c2)cc1. The number of carbonyl (C=O) groups is 1. The van der Waals surface area contributed by atoms with E-state index in [9.17, 15) is 4.79 Å². The molecule has 2 N–H and O–H groups in total. The van der Waals surface area contributed by atoms with Crippen molar-refractivity contribution in [2.24, 2.45) is 0 Å². The normalized spacial score (nSPS) is 16.2. The van der Waals surface area contributed by atoms with Crippen LogP contribution in [0, 0.1) is 0 Å². The second-order valence-electron chi connectivity index (χ2n) is 7.18. The van der Waals surface area contributed by atoms with Crippen LogP contribution in [-0.2, 0) is 0 Å². The van der Waals surface area contributed by atoms with E-state index in [2.05, 4.69) is 44.8 Å². The van der Waals surface area contributed by atoms with Crippen LogP contribution in [0.1, 0.15) is 28.9 Å². The van der Waals surface area contributed by atoms with E-state index in [1.54, 1.807) is 12.3 Å². The summed E-state index contributed by atoms with van der Waals surface area (Å²) in [5.41, 5.74) is 2.57. The summed E-state index contributed by atoms with van der Waals surface area (Å²) in [5.74, 6) is 1.45. The van der Waals surface area contributed by atoms with Crippen LogP contribution in [0.15, 0.2) is 72.9 Å². The van der Waals surface area contributed by atoms with Crippen LogP contribution in [0.5, 0.6) is 5.75 Å². The first-order valence-corrected chi connectivity index (χ1v) is 10.3. The number of aromatic nitrogens is 1. The van der Waals surface area contributed by atoms with Crippen molar-refractivity contribution in [3.8, 4) is 5.75 Å². The molecule has 4 rings (SSSR count). The number of nitrogens with zero attached hydrogens (tertiary/aromatic N) is 2. The standard InChI is InChI=1S/C24H26N4O2/c1-2-30-21-10-8-20(9-11-21)27-24(29)19-12-13-26-23(16-19)28-15-14-25-22(17-28)18-6-4-3-5-7-18/h3-13,16,22,25H,2,14-15,17H2,1H3,(H,27,29)/t22-/m1/s1. The monoisotopic (exact) mass is 402 g/mol. The van der Waals surface area contributed by atoms with Gasteiger partial charge in [-0.15, -0.1) is 0 Å². The number of piperazine rings is 1. The van der Waals surface area contributed by atoms with E-state index in [4.69, 9.17) is 4.74 Å². The average molecular weight is 402 g/mol. The Morgan fingerprint density at radius 3 is 2.73 bits per heavy atom. The van der Waals surface area contributed by atoms with Crippen LogP contribution in [0.25, 0.3) is 0 Å². The third-order valence-corrected chi connectivity index (χ3v) is 5.13. The highest BCUT2D eigenvalue weighted by Gasteiger charge is 2.22. The second kappa shape index (κ2) is 9.41. The van der Waals surface area contributed by atoms with E-state index in [-0.39, 0.29) is 11.9 Å². The highest BCUT2D eigenvalue weighted by molar-refractivity contribution is 6.04. The molecule has 1 fully saturated rings. The molecule has 1 amide bonds. The molecular formula is C24H26N4O2. The smallest absolute Gasteiger partial charge is 0.255 e. The van der Waals surface area contributed by atoms with Crippen LogP contribution in [0.2, 0.25) is 0 Å². The van der Waals surface area contributed by atoms with E-state index < -0.39 is 0 Å². The minimum atomic E-state index is -0.155. The number of ether oxygens (including phenoxy) is 1. The van der Waals surface area contributed by atoms with Crippen molar-refractivity contribution >= 4 is 17.4 Å². The molecule has 0 aliphatic carbocycles. The molecule has 30 heavy (non-hydrogen) atoms. The van der Waals surface area contributed by atoms with E-state index >= 15 is 0 Å². The molecule has 0 radical (unpaired) electrons. The maximum Gasteiger partial charge on any atom is 0.255 e. The molecule has 1 saturated heterocycles. The van der Waals surface area contributed by atoms with E-state index in [1.807, 2.05) is 43.3 Å². The molecule has 1 aromatic heterocycles. The summed E-state index contributed by atoms with van der Waals surface area (Å²) in [5, 5.41) is 6.50. The van der Waals surface area contributed by atoms with Gasteiger partial charge >= 0.3 is 0 Å². The van der Waals surface area contributed by atoms with Gasteiger partial charge in [0.15, 0.2) is 0 Å². The number of hydrogen-bond acceptors (Lipinski definition) is 5. The summed E-state index contributed by atoms with van der Waals surface area (Å²) in [6.45, 7) is 5.07. The van der Waals surface area contributed by atoms with Gasteiger partial charge in [0.05, 0.1) is 6.61 Å². The Labute approximate surface area is 176 Å². The molecule has 0 bridgehead atoms. The van der Waals surface area contributed by atoms with Crippen molar-refractivity contribution < 1.29 is 9.53 Å². The summed E-state index contributed by atoms with van der Waals surface area (Å²) >= 11 is 0. The third kappa shape index (κ3) is 4.78. The molecule has 1 aliphatic heterocycles. The summed E-state index contributed by atoms with van der Waals surface area (Å²) in [6, 6.07) is 21.6. The predicted octanol–water partition coefficient (Wildman–Crippen LogP) is 3.88. The largest absolute Gasteiger partial charge is 0.494 e. The maximum absolute atomic E-state index is 12.7. The lowest BCUT2D eigenvalue weighted by Crippen LogP contribution is -2.46. The summed E-state index contributed by atoms with van der Waals surface area (Å²) < 4.78 is 5.44. The second-order valence-corrected chi connectivity index (χ2v) is 7.18. The Morgan fingerprint density at radius 2 is 1.97 bits per heavy atom. The zero-order valence-corrected chi connectivity index (χ0v) is 17.0. The molecule has 3 aromatic rings. The molecule has 0 saturated carbocycles. The molecule has 1 aliphatic rings. The fourth-order valence-corrected chi connectivity index (χ4v) is 3.60. The van der Waals surface area contributed by atoms with Gasteiger partial charge in [-0.2, -0.15) is 0 Å². The van der Waals surface area contributed by atoms with Crippen molar-refractivity contribution in [2.45, 2.75) is 13.0 Å². The third-order valence-electron chi connectivity index (χ3n) is 5.13. The lowest BCUT2D eigenvalue weighted by Gasteiger charge is -2.34. The van der Waals surface area contributed by atoms with Gasteiger partial charge in [0, 0.05) is 43.1 Å². The van der Waals surface area contributed by atoms with Crippen LogP contribution >= 0.6 is 0 Å². The number of pyridine rings is 1. The Balaban J connectivity index is 1.44. The van der Waals surface area contributed by atoms with Gasteiger partial charge in [-0.05, 0) is 48.9 Å². The maximum atomic E-state index is 12.7. The van der Waals surface area contributed by atoms with Gasteiger partial charge < -0.3 is 20.3 Å². The lowest BCUT2D eigenvalue weighted by molar-refractivity contribution is 0.102. The molecule has 154 valence electrons. The Morgan fingerprint density at radius 1 is 1.17 bits per heavy atom. The fraction of sp³-hybridized carbons (Fsp3) is 0.250. The van der Waals surface area contributed by atoms with Gasteiger partial charge in [0.2, 0.25) is 0 Å². The van der Waals surface area contributed by atoms with E-state index in [1.165, 1.54) is 5.56 Å². The number of hydrogen-bond donors (Lipinski definition) is 2. The van der Waals surface area contributed by atoms with Crippen LogP contribution in [-0.4, -0.2) is 37.1 Å². The lowest BCUT2D eigenvalue weighted by atomic mass is 10.0. The fourth-order valence-electron chi connectivity index (χ4n) is 3.60. The Kier molecular flexibility index (Phi) is 6.25. The zero-order chi connectivity index (χ0) is 20.8. The molecule has 2 heterocycles. The molecular weight excluding hydrogens is 376 g/mol. The van der Waals surface area contributed by atoms with Crippen LogP contribution in [0.4, 0.5) is 11.5 Å². The van der Waals surface area contributed by atoms with Gasteiger partial charge in [0.1, 0.15) is 11.6 Å². The number of carbonyl (C=O) groups excluding carboxylic acids is 1. The number of anilines is 2. The van der Waals surface area contributed by atoms with Gasteiger partial charge in [-0.25, -0.2) is 4.98 Å². The predicted molar refractivity (Wildman–Crippen MR) is 119 cm³/mol. The van der Waals surface area contributed by atoms with Gasteiger partial charge in [-0.3, -0.25) is 4.79 Å². The zero-order valence-electron chi connectivity index (χ0n) is 17.0. The quantitative estimate of drug-likeness (QED) is 0.655. The van der Waals surface area contributed by atoms with Crippen molar-refractivity contribution in [3.05, 3.63) is 84.1 Å². The van der Waals surface area contributed by atoms with Crippen LogP contribution < -0.4 is 20.3 Å². The van der Waals surface area contributed by atoms with Crippen molar-refractivity contribution in [1.82, 2.24) is 10.3 Å². The Bertz CT molecular complexity index is 976. The van der Waals surface area contributed by atoms with Crippen LogP contribution in [0.3, 0.4) is 0 Å². The molecule has 6 nitrogen and oxygen atoms in total. The first-order chi connectivity index (χ1) is 14.7. The topological polar surface area (TPSA) is 66.5 Å². The number of amides is 1. The summed E-state index contributed by atoms with van der Waals surface area (Å²) in [4.78, 5) is 19.5. The van der Waals surface area contributed by atoms with E-state index in [0.717, 1.165) is 36.9 Å². The first-order valence-electron chi connectivity index (χ1n) is 10.3. The highest BCUT2D eigenvalue weighted by Crippen LogP contribution is 2.22. The molecule has 0 spiro atoms.